The summed E-state index contributed by atoms with van der Waals surface area (Å²) in [7, 11) is 0. The SMILES string of the molecule is Cc1nc(C)c(C(C)NCC2CC3CCC2C3)s1. The average molecular weight is 264 g/mol. The fraction of sp³-hybridized carbons (Fsp3) is 0.800. The third-order valence-corrected chi connectivity index (χ3v) is 6.16. The largest absolute Gasteiger partial charge is 0.309 e. The monoisotopic (exact) mass is 264 g/mol. The van der Waals surface area contributed by atoms with E-state index in [4.69, 9.17) is 0 Å². The molecule has 0 aromatic carbocycles. The van der Waals surface area contributed by atoms with Gasteiger partial charge in [-0.1, -0.05) is 6.42 Å². The molecule has 2 bridgehead atoms. The van der Waals surface area contributed by atoms with Crippen molar-refractivity contribution >= 4 is 11.3 Å². The molecule has 0 spiro atoms. The van der Waals surface area contributed by atoms with Crippen molar-refractivity contribution in [2.24, 2.45) is 17.8 Å². The highest BCUT2D eigenvalue weighted by molar-refractivity contribution is 7.11. The molecule has 2 aliphatic carbocycles. The Hall–Kier alpha value is -0.410. The molecule has 1 aromatic heterocycles. The van der Waals surface area contributed by atoms with E-state index < -0.39 is 0 Å². The summed E-state index contributed by atoms with van der Waals surface area (Å²) < 4.78 is 0. The van der Waals surface area contributed by atoms with E-state index in [1.54, 1.807) is 0 Å². The van der Waals surface area contributed by atoms with Crippen LogP contribution >= 0.6 is 11.3 Å². The second-order valence-corrected chi connectivity index (χ2v) is 7.48. The molecule has 3 rings (SSSR count). The highest BCUT2D eigenvalue weighted by Crippen LogP contribution is 2.48. The van der Waals surface area contributed by atoms with Gasteiger partial charge in [-0.15, -0.1) is 11.3 Å². The van der Waals surface area contributed by atoms with Crippen molar-refractivity contribution in [2.75, 3.05) is 6.54 Å². The Kier molecular flexibility index (Phi) is 3.46. The van der Waals surface area contributed by atoms with Crippen LogP contribution in [-0.4, -0.2) is 11.5 Å². The molecular weight excluding hydrogens is 240 g/mol. The summed E-state index contributed by atoms with van der Waals surface area (Å²) in [5, 5.41) is 4.94. The van der Waals surface area contributed by atoms with E-state index in [1.807, 2.05) is 11.3 Å². The van der Waals surface area contributed by atoms with Gasteiger partial charge in [0.15, 0.2) is 0 Å². The fourth-order valence-corrected chi connectivity index (χ4v) is 4.95. The van der Waals surface area contributed by atoms with E-state index in [2.05, 4.69) is 31.1 Å². The van der Waals surface area contributed by atoms with Gasteiger partial charge < -0.3 is 5.32 Å². The summed E-state index contributed by atoms with van der Waals surface area (Å²) in [5.41, 5.74) is 1.21. The molecule has 1 N–H and O–H groups in total. The normalized spacial score (nSPS) is 32.1. The Bertz CT molecular complexity index is 426. The number of rotatable bonds is 4. The molecule has 3 heteroatoms. The molecule has 1 heterocycles. The highest BCUT2D eigenvalue weighted by atomic mass is 32.1. The van der Waals surface area contributed by atoms with Gasteiger partial charge in [0.05, 0.1) is 10.7 Å². The van der Waals surface area contributed by atoms with Gasteiger partial charge in [-0.25, -0.2) is 4.98 Å². The van der Waals surface area contributed by atoms with Gasteiger partial charge in [0.25, 0.3) is 0 Å². The van der Waals surface area contributed by atoms with Gasteiger partial charge in [0.2, 0.25) is 0 Å². The van der Waals surface area contributed by atoms with Crippen LogP contribution in [-0.2, 0) is 0 Å². The van der Waals surface area contributed by atoms with Crippen molar-refractivity contribution in [2.45, 2.75) is 52.5 Å². The molecule has 2 aliphatic rings. The minimum Gasteiger partial charge on any atom is -0.309 e. The van der Waals surface area contributed by atoms with Crippen LogP contribution in [0.5, 0.6) is 0 Å². The molecule has 0 aliphatic heterocycles. The molecule has 2 fully saturated rings. The van der Waals surface area contributed by atoms with Gasteiger partial charge in [-0.2, -0.15) is 0 Å². The van der Waals surface area contributed by atoms with Crippen LogP contribution in [0.1, 0.15) is 54.2 Å². The zero-order valence-corrected chi connectivity index (χ0v) is 12.5. The van der Waals surface area contributed by atoms with Crippen molar-refractivity contribution in [1.29, 1.82) is 0 Å². The summed E-state index contributed by atoms with van der Waals surface area (Å²) in [6.07, 6.45) is 5.98. The van der Waals surface area contributed by atoms with E-state index in [0.717, 1.165) is 17.8 Å². The van der Waals surface area contributed by atoms with Gasteiger partial charge in [-0.3, -0.25) is 0 Å². The van der Waals surface area contributed by atoms with E-state index in [9.17, 15) is 0 Å². The fourth-order valence-electron chi connectivity index (χ4n) is 4.00. The maximum Gasteiger partial charge on any atom is 0.0900 e. The second kappa shape index (κ2) is 4.93. The first-order chi connectivity index (χ1) is 8.63. The molecule has 100 valence electrons. The van der Waals surface area contributed by atoms with Crippen LogP contribution < -0.4 is 5.32 Å². The molecule has 4 unspecified atom stereocenters. The quantitative estimate of drug-likeness (QED) is 0.893. The number of aromatic nitrogens is 1. The number of fused-ring (bicyclic) bond motifs is 2. The van der Waals surface area contributed by atoms with Crippen LogP contribution in [0.2, 0.25) is 0 Å². The highest BCUT2D eigenvalue weighted by Gasteiger charge is 2.39. The summed E-state index contributed by atoms with van der Waals surface area (Å²) in [5.74, 6) is 3.03. The van der Waals surface area contributed by atoms with Crippen molar-refractivity contribution in [3.05, 3.63) is 15.6 Å². The lowest BCUT2D eigenvalue weighted by atomic mass is 9.88. The number of hydrogen-bond donors (Lipinski definition) is 1. The zero-order chi connectivity index (χ0) is 12.7. The summed E-state index contributed by atoms with van der Waals surface area (Å²) in [6, 6.07) is 0.468. The lowest BCUT2D eigenvalue weighted by molar-refractivity contribution is 0.310. The molecule has 2 nitrogen and oxygen atoms in total. The van der Waals surface area contributed by atoms with Crippen molar-refractivity contribution in [1.82, 2.24) is 10.3 Å². The van der Waals surface area contributed by atoms with Crippen LogP contribution in [0.15, 0.2) is 0 Å². The van der Waals surface area contributed by atoms with E-state index in [-0.39, 0.29) is 0 Å². The first-order valence-corrected chi connectivity index (χ1v) is 8.12. The third kappa shape index (κ3) is 2.35. The van der Waals surface area contributed by atoms with Crippen LogP contribution in [0.3, 0.4) is 0 Å². The molecule has 0 radical (unpaired) electrons. The third-order valence-electron chi connectivity index (χ3n) is 4.90. The van der Waals surface area contributed by atoms with E-state index in [0.29, 0.717) is 6.04 Å². The van der Waals surface area contributed by atoms with Gasteiger partial charge in [-0.05, 0) is 64.3 Å². The Morgan fingerprint density at radius 2 is 2.17 bits per heavy atom. The summed E-state index contributed by atoms with van der Waals surface area (Å²) in [4.78, 5) is 5.96. The minimum absolute atomic E-state index is 0.468. The predicted molar refractivity (Wildman–Crippen MR) is 76.9 cm³/mol. The molecule has 0 amide bonds. The van der Waals surface area contributed by atoms with Gasteiger partial charge in [0.1, 0.15) is 0 Å². The average Bonchev–Trinajstić information content (AvgIpc) is 3.01. The first-order valence-electron chi connectivity index (χ1n) is 7.30. The van der Waals surface area contributed by atoms with Crippen LogP contribution in [0.4, 0.5) is 0 Å². The molecule has 0 saturated heterocycles. The molecule has 2 saturated carbocycles. The van der Waals surface area contributed by atoms with Crippen molar-refractivity contribution in [3.8, 4) is 0 Å². The predicted octanol–water partition coefficient (Wildman–Crippen LogP) is 3.85. The van der Waals surface area contributed by atoms with Gasteiger partial charge in [0, 0.05) is 10.9 Å². The number of aryl methyl sites for hydroxylation is 2. The second-order valence-electron chi connectivity index (χ2n) is 6.25. The van der Waals surface area contributed by atoms with E-state index >= 15 is 0 Å². The zero-order valence-electron chi connectivity index (χ0n) is 11.7. The van der Waals surface area contributed by atoms with Crippen LogP contribution in [0, 0.1) is 31.6 Å². The Balaban J connectivity index is 1.55. The van der Waals surface area contributed by atoms with Crippen LogP contribution in [0.25, 0.3) is 0 Å². The molecule has 18 heavy (non-hydrogen) atoms. The molecular formula is C15H24N2S. The number of nitrogens with one attached hydrogen (secondary N) is 1. The van der Waals surface area contributed by atoms with Crippen molar-refractivity contribution < 1.29 is 0 Å². The maximum absolute atomic E-state index is 4.53. The summed E-state index contributed by atoms with van der Waals surface area (Å²) in [6.45, 7) is 7.73. The Labute approximate surface area is 114 Å². The molecule has 1 aromatic rings. The smallest absolute Gasteiger partial charge is 0.0900 e. The Morgan fingerprint density at radius 3 is 2.72 bits per heavy atom. The van der Waals surface area contributed by atoms with Gasteiger partial charge >= 0.3 is 0 Å². The molecule has 4 atom stereocenters. The number of nitrogens with zero attached hydrogens (tertiary/aromatic N) is 1. The number of thiazole rings is 1. The standard InChI is InChI=1S/C15H24N2S/c1-9(15-10(2)17-11(3)18-15)16-8-14-7-12-4-5-13(14)6-12/h9,12-14,16H,4-8H2,1-3H3. The van der Waals surface area contributed by atoms with E-state index in [1.165, 1.54) is 47.8 Å². The minimum atomic E-state index is 0.468. The lowest BCUT2D eigenvalue weighted by Crippen LogP contribution is -2.28. The van der Waals surface area contributed by atoms with Crippen molar-refractivity contribution in [3.63, 3.8) is 0 Å². The lowest BCUT2D eigenvalue weighted by Gasteiger charge is -2.24. The topological polar surface area (TPSA) is 24.9 Å². The first kappa shape index (κ1) is 12.6. The summed E-state index contributed by atoms with van der Waals surface area (Å²) >= 11 is 1.85. The Morgan fingerprint density at radius 1 is 1.33 bits per heavy atom. The maximum atomic E-state index is 4.53. The number of hydrogen-bond acceptors (Lipinski definition) is 3.